The van der Waals surface area contributed by atoms with Crippen molar-refractivity contribution in [3.05, 3.63) is 52.9 Å². The predicted molar refractivity (Wildman–Crippen MR) is 82.4 cm³/mol. The molecule has 0 unspecified atom stereocenters. The lowest BCUT2D eigenvalue weighted by atomic mass is 10.1. The fourth-order valence-electron chi connectivity index (χ4n) is 1.79. The Morgan fingerprint density at radius 2 is 1.81 bits per heavy atom. The normalized spacial score (nSPS) is 11.2. The van der Waals surface area contributed by atoms with Crippen molar-refractivity contribution in [1.82, 2.24) is 0 Å². The van der Waals surface area contributed by atoms with Gasteiger partial charge in [-0.1, -0.05) is 12.1 Å². The molecule has 0 saturated carbocycles. The average Bonchev–Trinajstić information content (AvgIpc) is 2.97. The van der Waals surface area contributed by atoms with Gasteiger partial charge >= 0.3 is 11.9 Å². The Morgan fingerprint density at radius 3 is 2.38 bits per heavy atom. The summed E-state index contributed by atoms with van der Waals surface area (Å²) in [7, 11) is 1.34. The minimum Gasteiger partial charge on any atom is -0.478 e. The van der Waals surface area contributed by atoms with E-state index in [4.69, 9.17) is 5.11 Å². The molecule has 0 amide bonds. The van der Waals surface area contributed by atoms with Gasteiger partial charge in [0.15, 0.2) is 0 Å². The number of hydrogen-bond donors (Lipinski definition) is 1. The van der Waals surface area contributed by atoms with Crippen molar-refractivity contribution >= 4 is 28.8 Å². The van der Waals surface area contributed by atoms with Crippen LogP contribution >= 0.6 is 11.3 Å². The summed E-state index contributed by atoms with van der Waals surface area (Å²) in [6.07, 6.45) is 1.45. The summed E-state index contributed by atoms with van der Waals surface area (Å²) >= 11 is 1.54. The molecule has 0 fully saturated rings. The fourth-order valence-corrected chi connectivity index (χ4v) is 2.77. The van der Waals surface area contributed by atoms with Gasteiger partial charge in [0.2, 0.25) is 0 Å². The highest BCUT2D eigenvalue weighted by Gasteiger charge is 2.07. The van der Waals surface area contributed by atoms with Gasteiger partial charge in [-0.2, -0.15) is 0 Å². The van der Waals surface area contributed by atoms with Crippen LogP contribution < -0.4 is 0 Å². The first-order valence-electron chi connectivity index (χ1n) is 6.21. The quantitative estimate of drug-likeness (QED) is 0.691. The van der Waals surface area contributed by atoms with Crippen molar-refractivity contribution in [2.24, 2.45) is 0 Å². The highest BCUT2D eigenvalue weighted by Crippen LogP contribution is 2.31. The molecule has 108 valence electrons. The summed E-state index contributed by atoms with van der Waals surface area (Å²) in [6.45, 7) is 1.85. The monoisotopic (exact) mass is 302 g/mol. The number of ether oxygens (including phenoxy) is 1. The van der Waals surface area contributed by atoms with Crippen LogP contribution in [0.4, 0.5) is 0 Å². The maximum Gasteiger partial charge on any atom is 0.335 e. The molecular formula is C16H14O4S. The zero-order valence-electron chi connectivity index (χ0n) is 11.6. The number of benzene rings is 1. The van der Waals surface area contributed by atoms with E-state index < -0.39 is 5.97 Å². The Bertz CT molecular complexity index is 695. The van der Waals surface area contributed by atoms with Crippen molar-refractivity contribution in [1.29, 1.82) is 0 Å². The molecule has 0 saturated heterocycles. The second kappa shape index (κ2) is 6.37. The number of carbonyl (C=O) groups excluding carboxylic acids is 1. The first-order chi connectivity index (χ1) is 10.0. The van der Waals surface area contributed by atoms with Crippen molar-refractivity contribution < 1.29 is 19.4 Å². The predicted octanol–water partition coefficient (Wildman–Crippen LogP) is 3.69. The maximum absolute atomic E-state index is 11.2. The zero-order valence-corrected chi connectivity index (χ0v) is 12.4. The molecule has 0 atom stereocenters. The number of esters is 1. The standard InChI is InChI=1S/C16H14O4S/c1-10(9-15(17)20-2)13-7-8-14(21-13)11-3-5-12(6-4-11)16(18)19/h3-9H,1-2H3,(H,18,19)/b10-9+. The minimum absolute atomic E-state index is 0.261. The molecule has 1 aromatic carbocycles. The van der Waals surface area contributed by atoms with Gasteiger partial charge < -0.3 is 9.84 Å². The Labute approximate surface area is 126 Å². The molecule has 1 heterocycles. The van der Waals surface area contributed by atoms with Gasteiger partial charge in [-0.05, 0) is 42.3 Å². The van der Waals surface area contributed by atoms with E-state index in [1.807, 2.05) is 19.1 Å². The number of rotatable bonds is 4. The van der Waals surface area contributed by atoms with Crippen molar-refractivity contribution in [2.45, 2.75) is 6.92 Å². The number of carbonyl (C=O) groups is 2. The summed E-state index contributed by atoms with van der Waals surface area (Å²) in [5.74, 6) is -1.32. The largest absolute Gasteiger partial charge is 0.478 e. The first-order valence-corrected chi connectivity index (χ1v) is 7.03. The lowest BCUT2D eigenvalue weighted by molar-refractivity contribution is -0.134. The van der Waals surface area contributed by atoms with Gasteiger partial charge in [-0.3, -0.25) is 0 Å². The number of methoxy groups -OCH3 is 1. The first kappa shape index (κ1) is 15.0. The maximum atomic E-state index is 11.2. The van der Waals surface area contributed by atoms with Gasteiger partial charge in [0.1, 0.15) is 0 Å². The van der Waals surface area contributed by atoms with E-state index in [1.165, 1.54) is 24.5 Å². The second-order valence-electron chi connectivity index (χ2n) is 4.40. The van der Waals surface area contributed by atoms with Gasteiger partial charge in [-0.25, -0.2) is 9.59 Å². The molecule has 1 N–H and O–H groups in total. The molecule has 0 aliphatic heterocycles. The number of carboxylic acid groups (broad SMARTS) is 1. The highest BCUT2D eigenvalue weighted by molar-refractivity contribution is 7.16. The van der Waals surface area contributed by atoms with Crippen LogP contribution in [0.1, 0.15) is 22.2 Å². The molecule has 1 aromatic heterocycles. The molecule has 5 heteroatoms. The molecule has 0 radical (unpaired) electrons. The Morgan fingerprint density at radius 1 is 1.14 bits per heavy atom. The fraction of sp³-hybridized carbons (Fsp3) is 0.125. The zero-order chi connectivity index (χ0) is 15.4. The van der Waals surface area contributed by atoms with Crippen molar-refractivity contribution in [3.8, 4) is 10.4 Å². The Hall–Kier alpha value is -2.40. The third-order valence-corrected chi connectivity index (χ3v) is 4.22. The third-order valence-electron chi connectivity index (χ3n) is 2.95. The minimum atomic E-state index is -0.940. The molecule has 0 aliphatic rings. The molecule has 0 spiro atoms. The second-order valence-corrected chi connectivity index (χ2v) is 5.48. The van der Waals surface area contributed by atoms with Crippen LogP contribution in [-0.4, -0.2) is 24.2 Å². The molecule has 0 bridgehead atoms. The van der Waals surface area contributed by atoms with E-state index >= 15 is 0 Å². The van der Waals surface area contributed by atoms with Gasteiger partial charge in [0.05, 0.1) is 12.7 Å². The van der Waals surface area contributed by atoms with Crippen LogP contribution in [0.25, 0.3) is 16.0 Å². The highest BCUT2D eigenvalue weighted by atomic mass is 32.1. The number of aromatic carboxylic acids is 1. The van der Waals surface area contributed by atoms with E-state index in [0.717, 1.165) is 20.9 Å². The molecule has 0 aliphatic carbocycles. The summed E-state index contributed by atoms with van der Waals surface area (Å²) in [5.41, 5.74) is 2.04. The SMILES string of the molecule is COC(=O)/C=C(\C)c1ccc(-c2ccc(C(=O)O)cc2)s1. The van der Waals surface area contributed by atoms with Crippen LogP contribution in [0.3, 0.4) is 0 Å². The summed E-state index contributed by atoms with van der Waals surface area (Å²) in [4.78, 5) is 24.0. The summed E-state index contributed by atoms with van der Waals surface area (Å²) in [5, 5.41) is 8.88. The van der Waals surface area contributed by atoms with Gasteiger partial charge in [0, 0.05) is 15.8 Å². The molecule has 21 heavy (non-hydrogen) atoms. The molecular weight excluding hydrogens is 288 g/mol. The van der Waals surface area contributed by atoms with E-state index in [1.54, 1.807) is 24.3 Å². The van der Waals surface area contributed by atoms with E-state index in [-0.39, 0.29) is 11.5 Å². The van der Waals surface area contributed by atoms with Gasteiger partial charge in [0.25, 0.3) is 0 Å². The van der Waals surface area contributed by atoms with Crippen molar-refractivity contribution in [3.63, 3.8) is 0 Å². The molecule has 4 nitrogen and oxygen atoms in total. The average molecular weight is 302 g/mol. The molecule has 2 aromatic rings. The van der Waals surface area contributed by atoms with Crippen LogP contribution in [0.2, 0.25) is 0 Å². The van der Waals surface area contributed by atoms with Crippen LogP contribution in [0.15, 0.2) is 42.5 Å². The van der Waals surface area contributed by atoms with E-state index in [9.17, 15) is 9.59 Å². The van der Waals surface area contributed by atoms with E-state index in [0.29, 0.717) is 0 Å². The van der Waals surface area contributed by atoms with E-state index in [2.05, 4.69) is 4.74 Å². The smallest absolute Gasteiger partial charge is 0.335 e. The lowest BCUT2D eigenvalue weighted by Gasteiger charge is -1.99. The third kappa shape index (κ3) is 3.58. The number of hydrogen-bond acceptors (Lipinski definition) is 4. The van der Waals surface area contributed by atoms with Crippen LogP contribution in [0.5, 0.6) is 0 Å². The van der Waals surface area contributed by atoms with Crippen molar-refractivity contribution in [2.75, 3.05) is 7.11 Å². The Kier molecular flexibility index (Phi) is 4.55. The number of thiophene rings is 1. The van der Waals surface area contributed by atoms with Gasteiger partial charge in [-0.15, -0.1) is 11.3 Å². The van der Waals surface area contributed by atoms with Crippen LogP contribution in [-0.2, 0) is 9.53 Å². The molecule has 2 rings (SSSR count). The summed E-state index contributed by atoms with van der Waals surface area (Å²) in [6, 6.07) is 10.6. The number of carboxylic acids is 1. The Balaban J connectivity index is 2.25. The topological polar surface area (TPSA) is 63.6 Å². The summed E-state index contributed by atoms with van der Waals surface area (Å²) < 4.78 is 4.60. The van der Waals surface area contributed by atoms with Crippen LogP contribution in [0, 0.1) is 0 Å². The lowest BCUT2D eigenvalue weighted by Crippen LogP contribution is -1.94. The number of allylic oxidation sites excluding steroid dienone is 1.